The summed E-state index contributed by atoms with van der Waals surface area (Å²) in [6.45, 7) is 0. The molecule has 10 heteroatoms. The monoisotopic (exact) mass is 415 g/mol. The maximum atomic E-state index is 13.2. The Morgan fingerprint density at radius 2 is 2.03 bits per heavy atom. The summed E-state index contributed by atoms with van der Waals surface area (Å²) in [6.07, 6.45) is -0.207. The van der Waals surface area contributed by atoms with Crippen LogP contribution in [0.4, 0.5) is 11.4 Å². The third kappa shape index (κ3) is 3.09. The predicted molar refractivity (Wildman–Crippen MR) is 103 cm³/mol. The van der Waals surface area contributed by atoms with Gasteiger partial charge in [0.25, 0.3) is 11.6 Å². The normalized spacial score (nSPS) is 20.8. The highest BCUT2D eigenvalue weighted by Crippen LogP contribution is 2.42. The number of halogens is 1. The van der Waals surface area contributed by atoms with Crippen LogP contribution in [-0.4, -0.2) is 35.2 Å². The summed E-state index contributed by atoms with van der Waals surface area (Å²) in [5.74, 6) is -0.760. The van der Waals surface area contributed by atoms with E-state index in [4.69, 9.17) is 21.2 Å². The molecule has 0 aromatic heterocycles. The van der Waals surface area contributed by atoms with Crippen LogP contribution in [0.1, 0.15) is 18.4 Å². The zero-order valence-corrected chi connectivity index (χ0v) is 15.9. The summed E-state index contributed by atoms with van der Waals surface area (Å²) in [5, 5.41) is 15.3. The second-order valence-electron chi connectivity index (χ2n) is 6.64. The molecular formula is C19H14ClN3O6. The van der Waals surface area contributed by atoms with Gasteiger partial charge in [-0.25, -0.2) is 4.90 Å². The van der Waals surface area contributed by atoms with Crippen LogP contribution < -0.4 is 9.64 Å². The van der Waals surface area contributed by atoms with Gasteiger partial charge in [0, 0.05) is 29.1 Å². The second kappa shape index (κ2) is 6.85. The van der Waals surface area contributed by atoms with Crippen molar-refractivity contribution in [1.29, 1.82) is 0 Å². The number of carbonyl (C=O) groups excluding carboxylic acids is 2. The molecule has 1 unspecified atom stereocenters. The van der Waals surface area contributed by atoms with E-state index in [-0.39, 0.29) is 24.2 Å². The Bertz CT molecular complexity index is 1090. The molecule has 2 heterocycles. The van der Waals surface area contributed by atoms with E-state index in [2.05, 4.69) is 5.16 Å². The number of nitro groups is 1. The summed E-state index contributed by atoms with van der Waals surface area (Å²) in [6, 6.07) is 10.5. The van der Waals surface area contributed by atoms with Crippen LogP contribution in [0.2, 0.25) is 5.02 Å². The van der Waals surface area contributed by atoms with Crippen molar-refractivity contribution in [3.05, 3.63) is 63.2 Å². The molecule has 2 aliphatic rings. The van der Waals surface area contributed by atoms with Crippen molar-refractivity contribution < 1.29 is 24.1 Å². The average molecular weight is 416 g/mol. The quantitative estimate of drug-likeness (QED) is 0.431. The smallest absolute Gasteiger partial charge is 0.281 e. The van der Waals surface area contributed by atoms with Crippen LogP contribution in [0.25, 0.3) is 0 Å². The van der Waals surface area contributed by atoms with Gasteiger partial charge in [-0.3, -0.25) is 19.7 Å². The molecule has 2 aromatic rings. The minimum atomic E-state index is -1.50. The molecule has 1 spiro atoms. The van der Waals surface area contributed by atoms with Gasteiger partial charge in [-0.05, 0) is 18.2 Å². The van der Waals surface area contributed by atoms with Crippen LogP contribution >= 0.6 is 11.6 Å². The average Bonchev–Trinajstić information content (AvgIpc) is 3.23. The number of nitro benzene ring substituents is 1. The first-order valence-electron chi connectivity index (χ1n) is 8.55. The largest absolute Gasteiger partial charge is 0.495 e. The number of non-ortho nitro benzene ring substituents is 1. The van der Waals surface area contributed by atoms with Gasteiger partial charge >= 0.3 is 0 Å². The molecule has 0 N–H and O–H groups in total. The van der Waals surface area contributed by atoms with Gasteiger partial charge in [-0.2, -0.15) is 0 Å². The van der Waals surface area contributed by atoms with Crippen molar-refractivity contribution in [3.8, 4) is 5.75 Å². The van der Waals surface area contributed by atoms with Gasteiger partial charge in [0.05, 0.1) is 29.9 Å². The first-order valence-corrected chi connectivity index (χ1v) is 8.93. The van der Waals surface area contributed by atoms with E-state index in [1.807, 2.05) is 0 Å². The second-order valence-corrected chi connectivity index (χ2v) is 7.07. The first kappa shape index (κ1) is 18.9. The third-order valence-electron chi connectivity index (χ3n) is 4.83. The van der Waals surface area contributed by atoms with Crippen LogP contribution in [0.15, 0.2) is 47.6 Å². The van der Waals surface area contributed by atoms with Crippen molar-refractivity contribution >= 4 is 40.5 Å². The van der Waals surface area contributed by atoms with E-state index in [9.17, 15) is 19.7 Å². The molecule has 1 atom stereocenters. The zero-order chi connectivity index (χ0) is 20.8. The van der Waals surface area contributed by atoms with Crippen LogP contribution in [0.3, 0.4) is 0 Å². The number of rotatable bonds is 4. The summed E-state index contributed by atoms with van der Waals surface area (Å²) in [5.41, 5.74) is -0.570. The number of imide groups is 1. The number of hydrogen-bond donors (Lipinski definition) is 0. The topological polar surface area (TPSA) is 111 Å². The van der Waals surface area contributed by atoms with E-state index in [1.165, 1.54) is 31.4 Å². The van der Waals surface area contributed by atoms with Crippen LogP contribution in [0, 0.1) is 10.1 Å². The minimum absolute atomic E-state index is 0.0120. The number of benzene rings is 2. The Kier molecular flexibility index (Phi) is 4.46. The van der Waals surface area contributed by atoms with Crippen molar-refractivity contribution in [2.45, 2.75) is 18.4 Å². The van der Waals surface area contributed by atoms with Gasteiger partial charge < -0.3 is 9.57 Å². The van der Waals surface area contributed by atoms with Crippen molar-refractivity contribution in [2.75, 3.05) is 12.0 Å². The molecule has 0 radical (unpaired) electrons. The molecular weight excluding hydrogens is 402 g/mol. The van der Waals surface area contributed by atoms with E-state index < -0.39 is 22.3 Å². The molecule has 4 rings (SSSR count). The van der Waals surface area contributed by atoms with E-state index in [1.54, 1.807) is 18.2 Å². The summed E-state index contributed by atoms with van der Waals surface area (Å²) in [7, 11) is 1.42. The lowest BCUT2D eigenvalue weighted by molar-refractivity contribution is -0.384. The Hall–Kier alpha value is -3.46. The molecule has 2 amide bonds. The van der Waals surface area contributed by atoms with Crippen molar-refractivity contribution in [1.82, 2.24) is 0 Å². The Balaban J connectivity index is 1.64. The fraction of sp³-hybridized carbons (Fsp3) is 0.211. The van der Waals surface area contributed by atoms with Gasteiger partial charge in [-0.1, -0.05) is 28.9 Å². The molecule has 1 fully saturated rings. The van der Waals surface area contributed by atoms with Gasteiger partial charge in [0.1, 0.15) is 5.75 Å². The molecule has 0 saturated carbocycles. The maximum absolute atomic E-state index is 13.2. The fourth-order valence-corrected chi connectivity index (χ4v) is 3.60. The van der Waals surface area contributed by atoms with Gasteiger partial charge in [-0.15, -0.1) is 0 Å². The van der Waals surface area contributed by atoms with Gasteiger partial charge in [0.15, 0.2) is 0 Å². The molecule has 29 heavy (non-hydrogen) atoms. The molecule has 2 aromatic carbocycles. The molecule has 2 aliphatic heterocycles. The maximum Gasteiger partial charge on any atom is 0.281 e. The summed E-state index contributed by atoms with van der Waals surface area (Å²) < 4.78 is 5.25. The number of carbonyl (C=O) groups is 2. The molecule has 0 bridgehead atoms. The minimum Gasteiger partial charge on any atom is -0.495 e. The lowest BCUT2D eigenvalue weighted by Gasteiger charge is -2.21. The Labute approximate surface area is 169 Å². The SMILES string of the molecule is COc1ccc(Cl)cc1N1C(=O)CC2(CC(c3cccc([N+](=O)[O-])c3)=NO2)C1=O. The number of nitrogens with zero attached hydrogens (tertiary/aromatic N) is 3. The highest BCUT2D eigenvalue weighted by Gasteiger charge is 2.58. The number of methoxy groups -OCH3 is 1. The lowest BCUT2D eigenvalue weighted by atomic mass is 9.92. The Morgan fingerprint density at radius 1 is 1.24 bits per heavy atom. The zero-order valence-electron chi connectivity index (χ0n) is 15.1. The fourth-order valence-electron chi connectivity index (χ4n) is 3.44. The first-order chi connectivity index (χ1) is 13.8. The summed E-state index contributed by atoms with van der Waals surface area (Å²) >= 11 is 6.03. The highest BCUT2D eigenvalue weighted by atomic mass is 35.5. The molecule has 9 nitrogen and oxygen atoms in total. The lowest BCUT2D eigenvalue weighted by Crippen LogP contribution is -2.41. The van der Waals surface area contributed by atoms with E-state index in [0.29, 0.717) is 22.0 Å². The van der Waals surface area contributed by atoms with Crippen molar-refractivity contribution in [2.24, 2.45) is 5.16 Å². The van der Waals surface area contributed by atoms with Crippen LogP contribution in [0.5, 0.6) is 5.75 Å². The van der Waals surface area contributed by atoms with Crippen molar-refractivity contribution in [3.63, 3.8) is 0 Å². The molecule has 1 saturated heterocycles. The number of amides is 2. The van der Waals surface area contributed by atoms with E-state index >= 15 is 0 Å². The third-order valence-corrected chi connectivity index (χ3v) is 5.07. The predicted octanol–water partition coefficient (Wildman–Crippen LogP) is 3.08. The molecule has 0 aliphatic carbocycles. The summed E-state index contributed by atoms with van der Waals surface area (Å²) in [4.78, 5) is 42.8. The number of ether oxygens (including phenoxy) is 1. The Morgan fingerprint density at radius 3 is 2.76 bits per heavy atom. The number of hydrogen-bond acceptors (Lipinski definition) is 7. The molecule has 148 valence electrons. The number of anilines is 1. The van der Waals surface area contributed by atoms with E-state index in [0.717, 1.165) is 4.90 Å². The standard InChI is InChI=1S/C19H14ClN3O6/c1-28-16-6-5-12(20)8-15(16)22-17(24)10-19(18(22)25)9-14(21-29-19)11-3-2-4-13(7-11)23(26)27/h2-8H,9-10H2,1H3. The van der Waals surface area contributed by atoms with Crippen LogP contribution in [-0.2, 0) is 14.4 Å². The highest BCUT2D eigenvalue weighted by molar-refractivity contribution is 6.32. The number of oxime groups is 1. The van der Waals surface area contributed by atoms with Gasteiger partial charge in [0.2, 0.25) is 11.5 Å².